The minimum absolute atomic E-state index is 0.475. The number of rotatable bonds is 7. The summed E-state index contributed by atoms with van der Waals surface area (Å²) in [5, 5.41) is 3.58. The summed E-state index contributed by atoms with van der Waals surface area (Å²) in [6.07, 6.45) is 5.05. The number of hydrogen-bond donors (Lipinski definition) is 1. The molecule has 90 valence electrons. The van der Waals surface area contributed by atoms with E-state index in [2.05, 4.69) is 12.2 Å². The van der Waals surface area contributed by atoms with Crippen molar-refractivity contribution < 1.29 is 9.47 Å². The number of ether oxygens (including phenoxy) is 2. The third-order valence-electron chi connectivity index (χ3n) is 2.93. The molecule has 3 heteroatoms. The molecule has 3 nitrogen and oxygen atoms in total. The highest BCUT2D eigenvalue weighted by atomic mass is 16.5. The quantitative estimate of drug-likeness (QED) is 0.659. The monoisotopic (exact) mass is 215 g/mol. The van der Waals surface area contributed by atoms with Crippen LogP contribution in [0, 0.1) is 0 Å². The summed E-state index contributed by atoms with van der Waals surface area (Å²) in [4.78, 5) is 0. The normalized spacial score (nSPS) is 26.8. The second-order valence-corrected chi connectivity index (χ2v) is 4.13. The molecule has 1 saturated heterocycles. The molecule has 2 atom stereocenters. The minimum atomic E-state index is 0.475. The molecule has 0 saturated carbocycles. The molecule has 0 amide bonds. The van der Waals surface area contributed by atoms with Gasteiger partial charge in [-0.1, -0.05) is 6.92 Å². The fourth-order valence-electron chi connectivity index (χ4n) is 1.97. The zero-order valence-corrected chi connectivity index (χ0v) is 10.1. The van der Waals surface area contributed by atoms with Crippen molar-refractivity contribution in [2.45, 2.75) is 51.7 Å². The first-order chi connectivity index (χ1) is 7.36. The van der Waals surface area contributed by atoms with Crippen LogP contribution >= 0.6 is 0 Å². The predicted octanol–water partition coefficient (Wildman–Crippen LogP) is 1.96. The average molecular weight is 215 g/mol. The average Bonchev–Trinajstić information content (AvgIpc) is 2.29. The van der Waals surface area contributed by atoms with Crippen LogP contribution in [0.3, 0.4) is 0 Å². The Labute approximate surface area is 93.5 Å². The molecule has 1 N–H and O–H groups in total. The van der Waals surface area contributed by atoms with E-state index in [4.69, 9.17) is 9.47 Å². The molecule has 2 unspecified atom stereocenters. The number of hydrogen-bond acceptors (Lipinski definition) is 3. The van der Waals surface area contributed by atoms with Crippen LogP contribution in [-0.2, 0) is 9.47 Å². The van der Waals surface area contributed by atoms with Gasteiger partial charge in [-0.05, 0) is 39.2 Å². The van der Waals surface area contributed by atoms with Crippen molar-refractivity contribution in [1.82, 2.24) is 5.32 Å². The lowest BCUT2D eigenvalue weighted by atomic mass is 10.0. The molecule has 0 radical (unpaired) electrons. The molecule has 1 aliphatic heterocycles. The highest BCUT2D eigenvalue weighted by Gasteiger charge is 2.20. The first-order valence-corrected chi connectivity index (χ1v) is 6.29. The van der Waals surface area contributed by atoms with Gasteiger partial charge in [0.15, 0.2) is 0 Å². The molecule has 1 heterocycles. The molecule has 0 aliphatic carbocycles. The van der Waals surface area contributed by atoms with Crippen molar-refractivity contribution in [3.05, 3.63) is 0 Å². The fourth-order valence-corrected chi connectivity index (χ4v) is 1.97. The first-order valence-electron chi connectivity index (χ1n) is 6.29. The predicted molar refractivity (Wildman–Crippen MR) is 62.2 cm³/mol. The molecule has 1 aliphatic rings. The summed E-state index contributed by atoms with van der Waals surface area (Å²) in [5.74, 6) is 0. The third-order valence-corrected chi connectivity index (χ3v) is 2.93. The molecule has 0 bridgehead atoms. The SMILES string of the molecule is CCOCCCNC1CCOC(CC)C1. The van der Waals surface area contributed by atoms with Crippen LogP contribution in [0.15, 0.2) is 0 Å². The van der Waals surface area contributed by atoms with E-state index in [1.165, 1.54) is 6.42 Å². The van der Waals surface area contributed by atoms with Gasteiger partial charge in [-0.2, -0.15) is 0 Å². The van der Waals surface area contributed by atoms with Crippen LogP contribution in [-0.4, -0.2) is 38.5 Å². The van der Waals surface area contributed by atoms with Gasteiger partial charge in [0.25, 0.3) is 0 Å². The second-order valence-electron chi connectivity index (χ2n) is 4.13. The van der Waals surface area contributed by atoms with Gasteiger partial charge in [0.05, 0.1) is 6.10 Å². The molecule has 1 rings (SSSR count). The van der Waals surface area contributed by atoms with E-state index in [9.17, 15) is 0 Å². The van der Waals surface area contributed by atoms with E-state index < -0.39 is 0 Å². The molecular weight excluding hydrogens is 190 g/mol. The van der Waals surface area contributed by atoms with Crippen LogP contribution in [0.4, 0.5) is 0 Å². The van der Waals surface area contributed by atoms with Gasteiger partial charge < -0.3 is 14.8 Å². The Morgan fingerprint density at radius 2 is 2.27 bits per heavy atom. The van der Waals surface area contributed by atoms with Gasteiger partial charge >= 0.3 is 0 Å². The number of nitrogens with one attached hydrogen (secondary N) is 1. The van der Waals surface area contributed by atoms with Crippen LogP contribution in [0.2, 0.25) is 0 Å². The first kappa shape index (κ1) is 12.9. The van der Waals surface area contributed by atoms with Gasteiger partial charge in [-0.3, -0.25) is 0 Å². The van der Waals surface area contributed by atoms with E-state index >= 15 is 0 Å². The zero-order chi connectivity index (χ0) is 10.9. The smallest absolute Gasteiger partial charge is 0.0587 e. The highest BCUT2D eigenvalue weighted by Crippen LogP contribution is 2.15. The minimum Gasteiger partial charge on any atom is -0.382 e. The Balaban J connectivity index is 2.00. The van der Waals surface area contributed by atoms with Crippen LogP contribution in [0.1, 0.15) is 39.5 Å². The topological polar surface area (TPSA) is 30.5 Å². The van der Waals surface area contributed by atoms with Crippen molar-refractivity contribution in [3.63, 3.8) is 0 Å². The maximum absolute atomic E-state index is 5.64. The zero-order valence-electron chi connectivity index (χ0n) is 10.1. The van der Waals surface area contributed by atoms with E-state index in [-0.39, 0.29) is 0 Å². The van der Waals surface area contributed by atoms with Gasteiger partial charge in [-0.15, -0.1) is 0 Å². The maximum atomic E-state index is 5.64. The van der Waals surface area contributed by atoms with Gasteiger partial charge in [0, 0.05) is 25.9 Å². The molecule has 0 aromatic heterocycles. The lowest BCUT2D eigenvalue weighted by Gasteiger charge is -2.29. The second kappa shape index (κ2) is 8.08. The van der Waals surface area contributed by atoms with E-state index in [0.717, 1.165) is 45.6 Å². The maximum Gasteiger partial charge on any atom is 0.0587 e. The molecular formula is C12H25NO2. The lowest BCUT2D eigenvalue weighted by Crippen LogP contribution is -2.39. The van der Waals surface area contributed by atoms with Crippen LogP contribution in [0.5, 0.6) is 0 Å². The van der Waals surface area contributed by atoms with Gasteiger partial charge in [0.2, 0.25) is 0 Å². The van der Waals surface area contributed by atoms with Gasteiger partial charge in [0.1, 0.15) is 0 Å². The molecule has 0 spiro atoms. The highest BCUT2D eigenvalue weighted by molar-refractivity contribution is 4.75. The van der Waals surface area contributed by atoms with E-state index in [0.29, 0.717) is 12.1 Å². The Morgan fingerprint density at radius 3 is 3.00 bits per heavy atom. The van der Waals surface area contributed by atoms with Crippen molar-refractivity contribution in [2.75, 3.05) is 26.4 Å². The Morgan fingerprint density at radius 1 is 1.40 bits per heavy atom. The van der Waals surface area contributed by atoms with E-state index in [1.54, 1.807) is 0 Å². The molecule has 0 aromatic carbocycles. The Kier molecular flexibility index (Phi) is 6.98. The standard InChI is InChI=1S/C12H25NO2/c1-3-12-10-11(6-9-15-12)13-7-5-8-14-4-2/h11-13H,3-10H2,1-2H3. The van der Waals surface area contributed by atoms with Crippen molar-refractivity contribution in [3.8, 4) is 0 Å². The summed E-state index contributed by atoms with van der Waals surface area (Å²) < 4.78 is 10.9. The van der Waals surface area contributed by atoms with Crippen LogP contribution in [0.25, 0.3) is 0 Å². The Bertz CT molecular complexity index is 153. The van der Waals surface area contributed by atoms with Crippen molar-refractivity contribution in [2.24, 2.45) is 0 Å². The molecule has 15 heavy (non-hydrogen) atoms. The summed E-state index contributed by atoms with van der Waals surface area (Å²) in [7, 11) is 0. The largest absolute Gasteiger partial charge is 0.382 e. The van der Waals surface area contributed by atoms with Crippen LogP contribution < -0.4 is 5.32 Å². The fraction of sp³-hybridized carbons (Fsp3) is 1.00. The summed E-state index contributed by atoms with van der Waals surface area (Å²) in [6.45, 7) is 7.93. The van der Waals surface area contributed by atoms with Crippen molar-refractivity contribution in [1.29, 1.82) is 0 Å². The van der Waals surface area contributed by atoms with Crippen molar-refractivity contribution >= 4 is 0 Å². The summed E-state index contributed by atoms with van der Waals surface area (Å²) >= 11 is 0. The summed E-state index contributed by atoms with van der Waals surface area (Å²) in [6, 6.07) is 0.658. The molecule has 1 fully saturated rings. The van der Waals surface area contributed by atoms with E-state index in [1.807, 2.05) is 6.92 Å². The molecule has 0 aromatic rings. The Hall–Kier alpha value is -0.120. The third kappa shape index (κ3) is 5.50. The van der Waals surface area contributed by atoms with Gasteiger partial charge in [-0.25, -0.2) is 0 Å². The summed E-state index contributed by atoms with van der Waals surface area (Å²) in [5.41, 5.74) is 0. The lowest BCUT2D eigenvalue weighted by molar-refractivity contribution is -0.000292.